The Hall–Kier alpha value is -2.39. The lowest BCUT2D eigenvalue weighted by molar-refractivity contribution is -0.137. The molecule has 1 saturated heterocycles. The molecule has 0 radical (unpaired) electrons. The van der Waals surface area contributed by atoms with Gasteiger partial charge in [0.25, 0.3) is 5.91 Å². The van der Waals surface area contributed by atoms with Gasteiger partial charge in [0, 0.05) is 31.5 Å². The van der Waals surface area contributed by atoms with Crippen LogP contribution in [-0.4, -0.2) is 50.3 Å². The van der Waals surface area contributed by atoms with Crippen molar-refractivity contribution in [2.24, 2.45) is 0 Å². The number of nitrogens with one attached hydrogen (secondary N) is 1. The fourth-order valence-corrected chi connectivity index (χ4v) is 4.03. The highest BCUT2D eigenvalue weighted by atomic mass is 32.2. The van der Waals surface area contributed by atoms with Gasteiger partial charge in [-0.05, 0) is 31.4 Å². The minimum atomic E-state index is -0.805. The first-order valence-electron chi connectivity index (χ1n) is 9.40. The number of unbranched alkanes of at least 4 members (excludes halogenated alkanes) is 2. The third-order valence-corrected chi connectivity index (χ3v) is 5.65. The summed E-state index contributed by atoms with van der Waals surface area (Å²) in [6, 6.07) is 6.75. The number of carboxylic acids is 1. The molecule has 1 aromatic rings. The maximum atomic E-state index is 12.6. The molecule has 29 heavy (non-hydrogen) atoms. The number of carboxylic acid groups (broad SMARTS) is 1. The van der Waals surface area contributed by atoms with Gasteiger partial charge in [0.2, 0.25) is 5.91 Å². The molecule has 0 spiro atoms. The molecule has 9 heteroatoms. The number of hydrogen-bond acceptors (Lipinski definition) is 6. The summed E-state index contributed by atoms with van der Waals surface area (Å²) in [5.41, 5.74) is 0.552. The number of rotatable bonds is 11. The number of aromatic hydroxyl groups is 1. The van der Waals surface area contributed by atoms with Gasteiger partial charge in [-0.1, -0.05) is 48.6 Å². The molecule has 0 atom stereocenters. The molecule has 0 aromatic heterocycles. The van der Waals surface area contributed by atoms with Crippen LogP contribution in [0.2, 0.25) is 0 Å². The second-order valence-electron chi connectivity index (χ2n) is 6.55. The van der Waals surface area contributed by atoms with Gasteiger partial charge in [-0.25, -0.2) is 0 Å². The first-order valence-corrected chi connectivity index (χ1v) is 10.6. The minimum Gasteiger partial charge on any atom is -0.507 e. The molecule has 1 aliphatic heterocycles. The van der Waals surface area contributed by atoms with E-state index in [1.807, 2.05) is 0 Å². The normalized spacial score (nSPS) is 15.2. The van der Waals surface area contributed by atoms with E-state index in [0.717, 1.165) is 12.8 Å². The van der Waals surface area contributed by atoms with Crippen molar-refractivity contribution < 1.29 is 24.6 Å². The number of benzene rings is 1. The molecule has 1 fully saturated rings. The number of phenolic OH excluding ortho intramolecular Hbond substituents is 1. The summed E-state index contributed by atoms with van der Waals surface area (Å²) >= 11 is 6.46. The van der Waals surface area contributed by atoms with Gasteiger partial charge < -0.3 is 15.5 Å². The summed E-state index contributed by atoms with van der Waals surface area (Å²) in [5, 5.41) is 21.2. The summed E-state index contributed by atoms with van der Waals surface area (Å²) in [5.74, 6) is -1.03. The van der Waals surface area contributed by atoms with E-state index in [1.165, 1.54) is 16.7 Å². The molecule has 1 aliphatic rings. The number of amides is 2. The predicted molar refractivity (Wildman–Crippen MR) is 116 cm³/mol. The van der Waals surface area contributed by atoms with Crippen LogP contribution in [0.4, 0.5) is 0 Å². The number of hydrogen-bond donors (Lipinski definition) is 3. The molecule has 0 saturated carbocycles. The number of thiocarbonyl (C=S) groups is 1. The maximum Gasteiger partial charge on any atom is 0.303 e. The van der Waals surface area contributed by atoms with E-state index in [0.29, 0.717) is 40.7 Å². The number of para-hydroxylation sites is 1. The van der Waals surface area contributed by atoms with Crippen LogP contribution in [0.1, 0.15) is 44.1 Å². The third kappa shape index (κ3) is 7.51. The standard InChI is InChI=1S/C20H24N2O5S2/c23-15-8-4-3-7-14(15)13-16-19(27)22(20(28)29-16)12-6-9-17(24)21-11-5-1-2-10-18(25)26/h3-4,7-8,13,23H,1-2,5-6,9-12H2,(H,21,24)(H,25,26)/b16-13-. The first kappa shape index (κ1) is 22.9. The van der Waals surface area contributed by atoms with Crippen molar-refractivity contribution in [3.05, 3.63) is 34.7 Å². The van der Waals surface area contributed by atoms with E-state index in [2.05, 4.69) is 5.32 Å². The zero-order valence-corrected chi connectivity index (χ0v) is 17.6. The summed E-state index contributed by atoms with van der Waals surface area (Å²) in [4.78, 5) is 36.8. The Morgan fingerprint density at radius 3 is 2.62 bits per heavy atom. The minimum absolute atomic E-state index is 0.0948. The number of phenols is 1. The second kappa shape index (κ2) is 11.6. The van der Waals surface area contributed by atoms with Crippen LogP contribution < -0.4 is 5.32 Å². The van der Waals surface area contributed by atoms with Crippen molar-refractivity contribution in [3.63, 3.8) is 0 Å². The van der Waals surface area contributed by atoms with Gasteiger partial charge in [0.1, 0.15) is 10.1 Å². The molecule has 0 aliphatic carbocycles. The molecule has 1 heterocycles. The highest BCUT2D eigenvalue weighted by Crippen LogP contribution is 2.34. The maximum absolute atomic E-state index is 12.6. The highest BCUT2D eigenvalue weighted by Gasteiger charge is 2.31. The van der Waals surface area contributed by atoms with Crippen LogP contribution in [0.5, 0.6) is 5.75 Å². The summed E-state index contributed by atoms with van der Waals surface area (Å²) in [6.45, 7) is 0.873. The second-order valence-corrected chi connectivity index (χ2v) is 8.23. The molecule has 2 rings (SSSR count). The Labute approximate surface area is 179 Å². The lowest BCUT2D eigenvalue weighted by Crippen LogP contribution is -2.30. The highest BCUT2D eigenvalue weighted by molar-refractivity contribution is 8.26. The lowest BCUT2D eigenvalue weighted by atomic mass is 10.2. The Kier molecular flexibility index (Phi) is 9.14. The predicted octanol–water partition coefficient (Wildman–Crippen LogP) is 3.13. The Bertz CT molecular complexity index is 810. The molecule has 2 amide bonds. The van der Waals surface area contributed by atoms with Crippen molar-refractivity contribution in [1.82, 2.24) is 10.2 Å². The summed E-state index contributed by atoms with van der Waals surface area (Å²) in [6.07, 6.45) is 4.64. The average Bonchev–Trinajstić information content (AvgIpc) is 2.93. The molecule has 3 N–H and O–H groups in total. The van der Waals surface area contributed by atoms with E-state index >= 15 is 0 Å². The zero-order chi connectivity index (χ0) is 21.2. The number of carbonyl (C=O) groups excluding carboxylic acids is 2. The molecule has 0 bridgehead atoms. The number of aliphatic carboxylic acids is 1. The monoisotopic (exact) mass is 436 g/mol. The average molecular weight is 437 g/mol. The van der Waals surface area contributed by atoms with Crippen LogP contribution >= 0.6 is 24.0 Å². The van der Waals surface area contributed by atoms with Gasteiger partial charge in [-0.2, -0.15) is 0 Å². The van der Waals surface area contributed by atoms with Crippen molar-refractivity contribution in [2.75, 3.05) is 13.1 Å². The van der Waals surface area contributed by atoms with Crippen LogP contribution in [0.25, 0.3) is 6.08 Å². The van der Waals surface area contributed by atoms with E-state index in [1.54, 1.807) is 30.3 Å². The Morgan fingerprint density at radius 1 is 1.14 bits per heavy atom. The van der Waals surface area contributed by atoms with Crippen molar-refractivity contribution in [2.45, 2.75) is 38.5 Å². The molecular formula is C20H24N2O5S2. The molecule has 156 valence electrons. The summed E-state index contributed by atoms with van der Waals surface area (Å²) in [7, 11) is 0. The molecule has 7 nitrogen and oxygen atoms in total. The SMILES string of the molecule is O=C(O)CCCCCNC(=O)CCCN1C(=O)/C(=C/c2ccccc2O)SC1=S. The lowest BCUT2D eigenvalue weighted by Gasteiger charge is -2.14. The van der Waals surface area contributed by atoms with Gasteiger partial charge in [0.05, 0.1) is 4.91 Å². The quantitative estimate of drug-likeness (QED) is 0.278. The van der Waals surface area contributed by atoms with E-state index < -0.39 is 5.97 Å². The van der Waals surface area contributed by atoms with E-state index in [9.17, 15) is 19.5 Å². The number of nitrogens with zero attached hydrogens (tertiary/aromatic N) is 1. The Balaban J connectivity index is 1.72. The first-order chi connectivity index (χ1) is 13.9. The van der Waals surface area contributed by atoms with Crippen molar-refractivity contribution in [1.29, 1.82) is 0 Å². The van der Waals surface area contributed by atoms with Crippen LogP contribution in [0, 0.1) is 0 Å². The molecular weight excluding hydrogens is 412 g/mol. The van der Waals surface area contributed by atoms with Crippen LogP contribution in [0.15, 0.2) is 29.2 Å². The van der Waals surface area contributed by atoms with E-state index in [4.69, 9.17) is 17.3 Å². The third-order valence-electron chi connectivity index (χ3n) is 4.27. The molecule has 1 aromatic carbocycles. The van der Waals surface area contributed by atoms with E-state index in [-0.39, 0.29) is 30.4 Å². The molecule has 0 unspecified atom stereocenters. The zero-order valence-electron chi connectivity index (χ0n) is 15.9. The van der Waals surface area contributed by atoms with Crippen LogP contribution in [0.3, 0.4) is 0 Å². The summed E-state index contributed by atoms with van der Waals surface area (Å²) < 4.78 is 0.440. The largest absolute Gasteiger partial charge is 0.507 e. The van der Waals surface area contributed by atoms with Crippen molar-refractivity contribution in [3.8, 4) is 5.75 Å². The smallest absolute Gasteiger partial charge is 0.303 e. The van der Waals surface area contributed by atoms with Gasteiger partial charge >= 0.3 is 5.97 Å². The number of carbonyl (C=O) groups is 3. The van der Waals surface area contributed by atoms with Gasteiger partial charge in [0.15, 0.2) is 0 Å². The van der Waals surface area contributed by atoms with Gasteiger partial charge in [-0.15, -0.1) is 0 Å². The number of thioether (sulfide) groups is 1. The van der Waals surface area contributed by atoms with Gasteiger partial charge in [-0.3, -0.25) is 19.3 Å². The topological polar surface area (TPSA) is 107 Å². The Morgan fingerprint density at radius 2 is 1.90 bits per heavy atom. The van der Waals surface area contributed by atoms with Crippen molar-refractivity contribution >= 4 is 52.2 Å². The fraction of sp³-hybridized carbons (Fsp3) is 0.400. The fourth-order valence-electron chi connectivity index (χ4n) is 2.74. The van der Waals surface area contributed by atoms with Crippen LogP contribution in [-0.2, 0) is 14.4 Å².